The number of hydrogen-bond acceptors (Lipinski definition) is 2. The van der Waals surface area contributed by atoms with Gasteiger partial charge in [0, 0.05) is 12.3 Å². The lowest BCUT2D eigenvalue weighted by Crippen LogP contribution is -2.13. The molecule has 0 amide bonds. The number of rotatable bonds is 8. The smallest absolute Gasteiger partial charge is 0.135 e. The van der Waals surface area contributed by atoms with Gasteiger partial charge in [0.05, 0.1) is 0 Å². The number of Topliss-reactive ketones (excluding diaryl/α,β-unsaturated/α-hetero) is 1. The zero-order valence-electron chi connectivity index (χ0n) is 10.7. The molecular formula is C15H23NO. The maximum absolute atomic E-state index is 11.8. The molecule has 0 fully saturated rings. The first-order valence-electron chi connectivity index (χ1n) is 6.50. The van der Waals surface area contributed by atoms with Crippen LogP contribution in [0.1, 0.15) is 38.2 Å². The van der Waals surface area contributed by atoms with Gasteiger partial charge in [0.2, 0.25) is 0 Å². The van der Waals surface area contributed by atoms with Crippen LogP contribution in [0, 0.1) is 5.92 Å². The summed E-state index contributed by atoms with van der Waals surface area (Å²) in [4.78, 5) is 11.8. The molecule has 2 N–H and O–H groups in total. The highest BCUT2D eigenvalue weighted by Gasteiger charge is 2.11. The molecular weight excluding hydrogens is 210 g/mol. The van der Waals surface area contributed by atoms with Crippen LogP contribution >= 0.6 is 0 Å². The third-order valence-corrected chi connectivity index (χ3v) is 3.12. The van der Waals surface area contributed by atoms with Crippen LogP contribution in [-0.2, 0) is 11.2 Å². The van der Waals surface area contributed by atoms with Crippen molar-refractivity contribution < 1.29 is 4.79 Å². The number of benzene rings is 1. The molecule has 1 atom stereocenters. The summed E-state index contributed by atoms with van der Waals surface area (Å²) in [6, 6.07) is 10.3. The Hall–Kier alpha value is -1.15. The van der Waals surface area contributed by atoms with Crippen molar-refractivity contribution in [3.63, 3.8) is 0 Å². The van der Waals surface area contributed by atoms with Gasteiger partial charge in [-0.2, -0.15) is 0 Å². The van der Waals surface area contributed by atoms with Crippen molar-refractivity contribution in [2.24, 2.45) is 11.7 Å². The molecule has 0 saturated heterocycles. The van der Waals surface area contributed by atoms with Crippen molar-refractivity contribution in [3.8, 4) is 0 Å². The third-order valence-electron chi connectivity index (χ3n) is 3.12. The van der Waals surface area contributed by atoms with Crippen LogP contribution in [0.15, 0.2) is 30.3 Å². The molecule has 2 nitrogen and oxygen atoms in total. The van der Waals surface area contributed by atoms with Crippen LogP contribution in [0.3, 0.4) is 0 Å². The number of hydrogen-bond donors (Lipinski definition) is 1. The number of carbonyl (C=O) groups is 1. The quantitative estimate of drug-likeness (QED) is 0.750. The van der Waals surface area contributed by atoms with E-state index in [1.54, 1.807) is 0 Å². The molecule has 0 aliphatic heterocycles. The summed E-state index contributed by atoms with van der Waals surface area (Å²) in [6.45, 7) is 2.70. The molecule has 1 aromatic carbocycles. The largest absolute Gasteiger partial charge is 0.330 e. The molecule has 94 valence electrons. The minimum atomic E-state index is 0.175. The van der Waals surface area contributed by atoms with Gasteiger partial charge in [0.15, 0.2) is 0 Å². The summed E-state index contributed by atoms with van der Waals surface area (Å²) < 4.78 is 0. The molecule has 0 aliphatic rings. The van der Waals surface area contributed by atoms with Gasteiger partial charge < -0.3 is 5.73 Å². The second-order valence-corrected chi connectivity index (χ2v) is 4.64. The van der Waals surface area contributed by atoms with E-state index in [0.29, 0.717) is 18.7 Å². The van der Waals surface area contributed by atoms with Gasteiger partial charge in [-0.05, 0) is 37.8 Å². The van der Waals surface area contributed by atoms with E-state index in [1.807, 2.05) is 25.1 Å². The zero-order chi connectivity index (χ0) is 12.5. The first kappa shape index (κ1) is 13.9. The van der Waals surface area contributed by atoms with Gasteiger partial charge in [-0.3, -0.25) is 4.79 Å². The van der Waals surface area contributed by atoms with Gasteiger partial charge in [0.1, 0.15) is 5.78 Å². The van der Waals surface area contributed by atoms with E-state index in [0.717, 1.165) is 25.7 Å². The van der Waals surface area contributed by atoms with Gasteiger partial charge in [-0.15, -0.1) is 0 Å². The van der Waals surface area contributed by atoms with E-state index in [4.69, 9.17) is 5.73 Å². The van der Waals surface area contributed by atoms with Gasteiger partial charge in [0.25, 0.3) is 0 Å². The highest BCUT2D eigenvalue weighted by molar-refractivity contribution is 5.80. The van der Waals surface area contributed by atoms with E-state index in [2.05, 4.69) is 12.1 Å². The van der Waals surface area contributed by atoms with Crippen LogP contribution < -0.4 is 5.73 Å². The second kappa shape index (κ2) is 8.02. The first-order chi connectivity index (χ1) is 8.24. The summed E-state index contributed by atoms with van der Waals surface area (Å²) in [5, 5.41) is 0. The predicted octanol–water partition coefficient (Wildman–Crippen LogP) is 2.95. The normalized spacial score (nSPS) is 12.4. The Kier molecular flexibility index (Phi) is 6.56. The van der Waals surface area contributed by atoms with Crippen molar-refractivity contribution in [3.05, 3.63) is 35.9 Å². The standard InChI is InChI=1S/C15H23NO/c1-13(7-6-12-16)15(17)11-5-10-14-8-3-2-4-9-14/h2-4,8-9,13H,5-7,10-12,16H2,1H3. The molecule has 0 aliphatic carbocycles. The first-order valence-corrected chi connectivity index (χ1v) is 6.50. The molecule has 17 heavy (non-hydrogen) atoms. The number of carbonyl (C=O) groups excluding carboxylic acids is 1. The Morgan fingerprint density at radius 3 is 2.59 bits per heavy atom. The minimum Gasteiger partial charge on any atom is -0.330 e. The van der Waals surface area contributed by atoms with Crippen LogP contribution in [-0.4, -0.2) is 12.3 Å². The molecule has 0 radical (unpaired) electrons. The molecule has 2 heteroatoms. The average Bonchev–Trinajstić information content (AvgIpc) is 2.37. The van der Waals surface area contributed by atoms with Crippen LogP contribution in [0.5, 0.6) is 0 Å². The summed E-state index contributed by atoms with van der Waals surface area (Å²) >= 11 is 0. The van der Waals surface area contributed by atoms with E-state index in [-0.39, 0.29) is 5.92 Å². The van der Waals surface area contributed by atoms with Crippen molar-refractivity contribution >= 4 is 5.78 Å². The monoisotopic (exact) mass is 233 g/mol. The summed E-state index contributed by atoms with van der Waals surface area (Å²) in [7, 11) is 0. The highest BCUT2D eigenvalue weighted by Crippen LogP contribution is 2.12. The average molecular weight is 233 g/mol. The number of ketones is 1. The second-order valence-electron chi connectivity index (χ2n) is 4.64. The molecule has 0 saturated carbocycles. The molecule has 0 spiro atoms. The van der Waals surface area contributed by atoms with Gasteiger partial charge in [-0.1, -0.05) is 37.3 Å². The molecule has 0 heterocycles. The lowest BCUT2D eigenvalue weighted by atomic mass is 9.96. The maximum atomic E-state index is 11.8. The fraction of sp³-hybridized carbons (Fsp3) is 0.533. The molecule has 0 bridgehead atoms. The van der Waals surface area contributed by atoms with E-state index < -0.39 is 0 Å². The van der Waals surface area contributed by atoms with E-state index in [9.17, 15) is 4.79 Å². The molecule has 1 rings (SSSR count). The Labute approximate surface area is 104 Å². The van der Waals surface area contributed by atoms with Crippen LogP contribution in [0.25, 0.3) is 0 Å². The lowest BCUT2D eigenvalue weighted by molar-refractivity contribution is -0.122. The highest BCUT2D eigenvalue weighted by atomic mass is 16.1. The molecule has 1 unspecified atom stereocenters. The van der Waals surface area contributed by atoms with Crippen molar-refractivity contribution in [2.45, 2.75) is 39.0 Å². The summed E-state index contributed by atoms with van der Waals surface area (Å²) in [6.07, 6.45) is 4.53. The van der Waals surface area contributed by atoms with Gasteiger partial charge >= 0.3 is 0 Å². The predicted molar refractivity (Wildman–Crippen MR) is 71.8 cm³/mol. The lowest BCUT2D eigenvalue weighted by Gasteiger charge is -2.09. The number of aryl methyl sites for hydroxylation is 1. The van der Waals surface area contributed by atoms with Crippen LogP contribution in [0.2, 0.25) is 0 Å². The van der Waals surface area contributed by atoms with Crippen LogP contribution in [0.4, 0.5) is 0 Å². The Morgan fingerprint density at radius 2 is 1.94 bits per heavy atom. The van der Waals surface area contributed by atoms with Gasteiger partial charge in [-0.25, -0.2) is 0 Å². The third kappa shape index (κ3) is 5.64. The summed E-state index contributed by atoms with van der Waals surface area (Å²) in [5.41, 5.74) is 6.76. The van der Waals surface area contributed by atoms with Crippen molar-refractivity contribution in [1.82, 2.24) is 0 Å². The molecule has 0 aromatic heterocycles. The van der Waals surface area contributed by atoms with E-state index >= 15 is 0 Å². The number of nitrogens with two attached hydrogens (primary N) is 1. The topological polar surface area (TPSA) is 43.1 Å². The van der Waals surface area contributed by atoms with Crippen molar-refractivity contribution in [2.75, 3.05) is 6.54 Å². The minimum absolute atomic E-state index is 0.175. The summed E-state index contributed by atoms with van der Waals surface area (Å²) in [5.74, 6) is 0.559. The fourth-order valence-electron chi connectivity index (χ4n) is 1.94. The molecule has 1 aromatic rings. The maximum Gasteiger partial charge on any atom is 0.135 e. The Bertz CT molecular complexity index is 321. The SMILES string of the molecule is CC(CCCN)C(=O)CCCc1ccccc1. The van der Waals surface area contributed by atoms with Crippen molar-refractivity contribution in [1.29, 1.82) is 0 Å². The fourth-order valence-corrected chi connectivity index (χ4v) is 1.94. The zero-order valence-corrected chi connectivity index (χ0v) is 10.7. The Morgan fingerprint density at radius 1 is 1.24 bits per heavy atom. The van der Waals surface area contributed by atoms with E-state index in [1.165, 1.54) is 5.56 Å². The Balaban J connectivity index is 2.20.